The third-order valence-corrected chi connectivity index (χ3v) is 3.60. The predicted molar refractivity (Wildman–Crippen MR) is 91.2 cm³/mol. The Labute approximate surface area is 136 Å². The number of ether oxygens (including phenoxy) is 1. The summed E-state index contributed by atoms with van der Waals surface area (Å²) in [5.41, 5.74) is 2.83. The van der Waals surface area contributed by atoms with Gasteiger partial charge in [0.1, 0.15) is 5.82 Å². The van der Waals surface area contributed by atoms with Crippen molar-refractivity contribution in [3.05, 3.63) is 40.5 Å². The van der Waals surface area contributed by atoms with Gasteiger partial charge in [0, 0.05) is 42.7 Å². The number of benzene rings is 1. The highest BCUT2D eigenvalue weighted by molar-refractivity contribution is 6.31. The standard InChI is InChI=1S/C16H21ClN4O/c1-11-10-15(20-14-7-4-6-13(17)12(14)2)21-16(19-11)18-8-5-9-22-3/h4,6-7,10H,5,8-9H2,1-3H3,(H2,18,19,20,21). The van der Waals surface area contributed by atoms with Gasteiger partial charge >= 0.3 is 0 Å². The Balaban J connectivity index is 2.10. The number of nitrogens with one attached hydrogen (secondary N) is 2. The first-order chi connectivity index (χ1) is 10.6. The minimum Gasteiger partial charge on any atom is -0.385 e. The van der Waals surface area contributed by atoms with Crippen LogP contribution in [0.5, 0.6) is 0 Å². The summed E-state index contributed by atoms with van der Waals surface area (Å²) in [4.78, 5) is 8.86. The summed E-state index contributed by atoms with van der Waals surface area (Å²) in [6, 6.07) is 7.66. The van der Waals surface area contributed by atoms with Crippen LogP contribution in [0.4, 0.5) is 17.5 Å². The molecule has 0 aliphatic rings. The smallest absolute Gasteiger partial charge is 0.224 e. The lowest BCUT2D eigenvalue weighted by atomic mass is 10.2. The molecule has 2 rings (SSSR count). The number of halogens is 1. The first-order valence-electron chi connectivity index (χ1n) is 7.21. The number of aryl methyl sites for hydroxylation is 1. The van der Waals surface area contributed by atoms with Crippen LogP contribution in [0.1, 0.15) is 17.7 Å². The highest BCUT2D eigenvalue weighted by Gasteiger charge is 2.06. The van der Waals surface area contributed by atoms with Gasteiger partial charge in [-0.2, -0.15) is 4.98 Å². The summed E-state index contributed by atoms with van der Waals surface area (Å²) in [6.07, 6.45) is 0.907. The second-order valence-electron chi connectivity index (χ2n) is 5.03. The molecule has 6 heteroatoms. The van der Waals surface area contributed by atoms with E-state index >= 15 is 0 Å². The van der Waals surface area contributed by atoms with E-state index in [1.165, 1.54) is 0 Å². The van der Waals surface area contributed by atoms with E-state index in [1.807, 2.05) is 38.1 Å². The van der Waals surface area contributed by atoms with E-state index in [-0.39, 0.29) is 0 Å². The third-order valence-electron chi connectivity index (χ3n) is 3.19. The zero-order chi connectivity index (χ0) is 15.9. The van der Waals surface area contributed by atoms with Gasteiger partial charge < -0.3 is 15.4 Å². The summed E-state index contributed by atoms with van der Waals surface area (Å²) in [5.74, 6) is 1.35. The zero-order valence-corrected chi connectivity index (χ0v) is 13.9. The van der Waals surface area contributed by atoms with Gasteiger partial charge in [-0.3, -0.25) is 0 Å². The summed E-state index contributed by atoms with van der Waals surface area (Å²) in [6.45, 7) is 5.40. The van der Waals surface area contributed by atoms with Gasteiger partial charge in [0.2, 0.25) is 5.95 Å². The van der Waals surface area contributed by atoms with Crippen LogP contribution >= 0.6 is 11.6 Å². The van der Waals surface area contributed by atoms with Gasteiger partial charge in [0.25, 0.3) is 0 Å². The highest BCUT2D eigenvalue weighted by atomic mass is 35.5. The molecule has 1 aromatic carbocycles. The fourth-order valence-corrected chi connectivity index (χ4v) is 2.18. The van der Waals surface area contributed by atoms with Crippen molar-refractivity contribution in [3.63, 3.8) is 0 Å². The first-order valence-corrected chi connectivity index (χ1v) is 7.58. The topological polar surface area (TPSA) is 59.1 Å². The maximum absolute atomic E-state index is 6.14. The van der Waals surface area contributed by atoms with Crippen molar-refractivity contribution in [1.29, 1.82) is 0 Å². The van der Waals surface area contributed by atoms with Crippen molar-refractivity contribution in [2.45, 2.75) is 20.3 Å². The molecule has 0 saturated heterocycles. The molecule has 2 aromatic rings. The molecule has 0 amide bonds. The van der Waals surface area contributed by atoms with Gasteiger partial charge in [0.15, 0.2) is 0 Å². The predicted octanol–water partition coefficient (Wildman–Crippen LogP) is 3.94. The number of methoxy groups -OCH3 is 1. The third kappa shape index (κ3) is 4.58. The van der Waals surface area contributed by atoms with Crippen LogP contribution in [0.15, 0.2) is 24.3 Å². The fourth-order valence-electron chi connectivity index (χ4n) is 2.01. The Morgan fingerprint density at radius 2 is 2.05 bits per heavy atom. The van der Waals surface area contributed by atoms with Crippen molar-refractivity contribution >= 4 is 29.1 Å². The average Bonchev–Trinajstić information content (AvgIpc) is 2.48. The fraction of sp³-hybridized carbons (Fsp3) is 0.375. The Kier molecular flexibility index (Phi) is 5.98. The van der Waals surface area contributed by atoms with E-state index in [9.17, 15) is 0 Å². The zero-order valence-electron chi connectivity index (χ0n) is 13.1. The van der Waals surface area contributed by atoms with E-state index in [0.717, 1.165) is 40.8 Å². The second kappa shape index (κ2) is 7.96. The molecule has 0 spiro atoms. The Morgan fingerprint density at radius 3 is 2.82 bits per heavy atom. The SMILES string of the molecule is COCCCNc1nc(C)cc(Nc2cccc(Cl)c2C)n1. The summed E-state index contributed by atoms with van der Waals surface area (Å²) >= 11 is 6.14. The Morgan fingerprint density at radius 1 is 1.23 bits per heavy atom. The molecule has 0 unspecified atom stereocenters. The van der Waals surface area contributed by atoms with Crippen LogP contribution in [-0.2, 0) is 4.74 Å². The van der Waals surface area contributed by atoms with Crippen molar-refractivity contribution < 1.29 is 4.74 Å². The van der Waals surface area contributed by atoms with Crippen LogP contribution in [0.2, 0.25) is 5.02 Å². The quantitative estimate of drug-likeness (QED) is 0.757. The Hall–Kier alpha value is -1.85. The van der Waals surface area contributed by atoms with Crippen molar-refractivity contribution in [1.82, 2.24) is 9.97 Å². The van der Waals surface area contributed by atoms with Crippen molar-refractivity contribution in [3.8, 4) is 0 Å². The number of rotatable bonds is 7. The minimum atomic E-state index is 0.610. The average molecular weight is 321 g/mol. The van der Waals surface area contributed by atoms with Crippen LogP contribution in [-0.4, -0.2) is 30.2 Å². The molecule has 5 nitrogen and oxygen atoms in total. The number of nitrogens with zero attached hydrogens (tertiary/aromatic N) is 2. The van der Waals surface area contributed by atoms with Gasteiger partial charge in [-0.25, -0.2) is 4.98 Å². The molecule has 1 heterocycles. The minimum absolute atomic E-state index is 0.610. The second-order valence-corrected chi connectivity index (χ2v) is 5.44. The normalized spacial score (nSPS) is 10.5. The molecule has 0 radical (unpaired) electrons. The van der Waals surface area contributed by atoms with Crippen LogP contribution in [0.25, 0.3) is 0 Å². The lowest BCUT2D eigenvalue weighted by Crippen LogP contribution is -2.09. The number of hydrogen-bond donors (Lipinski definition) is 2. The lowest BCUT2D eigenvalue weighted by Gasteiger charge is -2.12. The molecule has 2 N–H and O–H groups in total. The molecule has 0 saturated carbocycles. The Bertz CT molecular complexity index is 634. The lowest BCUT2D eigenvalue weighted by molar-refractivity contribution is 0.197. The molecule has 0 atom stereocenters. The first kappa shape index (κ1) is 16.5. The number of anilines is 3. The highest BCUT2D eigenvalue weighted by Crippen LogP contribution is 2.25. The van der Waals surface area contributed by atoms with Gasteiger partial charge in [0.05, 0.1) is 0 Å². The van der Waals surface area contributed by atoms with Gasteiger partial charge in [-0.1, -0.05) is 17.7 Å². The van der Waals surface area contributed by atoms with Crippen LogP contribution < -0.4 is 10.6 Å². The number of aromatic nitrogens is 2. The van der Waals surface area contributed by atoms with Gasteiger partial charge in [-0.15, -0.1) is 0 Å². The summed E-state index contributed by atoms with van der Waals surface area (Å²) < 4.78 is 5.02. The molecule has 0 aliphatic carbocycles. The molecule has 1 aromatic heterocycles. The van der Waals surface area contributed by atoms with E-state index < -0.39 is 0 Å². The molecule has 22 heavy (non-hydrogen) atoms. The van der Waals surface area contributed by atoms with Crippen molar-refractivity contribution in [2.75, 3.05) is 30.9 Å². The largest absolute Gasteiger partial charge is 0.385 e. The molecule has 118 valence electrons. The maximum Gasteiger partial charge on any atom is 0.224 e. The van der Waals surface area contributed by atoms with Gasteiger partial charge in [-0.05, 0) is 38.0 Å². The van der Waals surface area contributed by atoms with Crippen LogP contribution in [0, 0.1) is 13.8 Å². The molecule has 0 fully saturated rings. The monoisotopic (exact) mass is 320 g/mol. The van der Waals surface area contributed by atoms with Crippen LogP contribution in [0.3, 0.4) is 0 Å². The molecule has 0 aliphatic heterocycles. The maximum atomic E-state index is 6.14. The van der Waals surface area contributed by atoms with E-state index in [2.05, 4.69) is 20.6 Å². The van der Waals surface area contributed by atoms with E-state index in [4.69, 9.17) is 16.3 Å². The number of hydrogen-bond acceptors (Lipinski definition) is 5. The summed E-state index contributed by atoms with van der Waals surface area (Å²) in [7, 11) is 1.69. The summed E-state index contributed by atoms with van der Waals surface area (Å²) in [5, 5.41) is 7.23. The van der Waals surface area contributed by atoms with E-state index in [1.54, 1.807) is 7.11 Å². The molecule has 0 bridgehead atoms. The van der Waals surface area contributed by atoms with Crippen molar-refractivity contribution in [2.24, 2.45) is 0 Å². The molecular formula is C16H21ClN4O. The van der Waals surface area contributed by atoms with E-state index in [0.29, 0.717) is 12.6 Å². The molecular weight excluding hydrogens is 300 g/mol.